The Morgan fingerprint density at radius 1 is 1.67 bits per heavy atom. The van der Waals surface area contributed by atoms with E-state index >= 15 is 0 Å². The van der Waals surface area contributed by atoms with Crippen LogP contribution in [-0.2, 0) is 4.74 Å². The molecule has 1 unspecified atom stereocenters. The molecule has 0 amide bonds. The van der Waals surface area contributed by atoms with Crippen LogP contribution in [-0.4, -0.2) is 44.8 Å². The van der Waals surface area contributed by atoms with Crippen molar-refractivity contribution in [3.05, 3.63) is 0 Å². The first-order valence-corrected chi connectivity index (χ1v) is 4.03. The summed E-state index contributed by atoms with van der Waals surface area (Å²) in [6.07, 6.45) is 0.977. The highest BCUT2D eigenvalue weighted by Gasteiger charge is 2.03. The summed E-state index contributed by atoms with van der Waals surface area (Å²) in [5.74, 6) is 0. The van der Waals surface area contributed by atoms with Gasteiger partial charge < -0.3 is 15.4 Å². The van der Waals surface area contributed by atoms with E-state index in [2.05, 4.69) is 0 Å². The molecule has 0 radical (unpaired) electrons. The van der Waals surface area contributed by atoms with Gasteiger partial charge >= 0.3 is 0 Å². The van der Waals surface area contributed by atoms with Gasteiger partial charge in [0.1, 0.15) is 6.04 Å². The first-order valence-electron chi connectivity index (χ1n) is 4.03. The normalized spacial score (nSPS) is 12.9. The third-order valence-electron chi connectivity index (χ3n) is 1.56. The van der Waals surface area contributed by atoms with Crippen molar-refractivity contribution in [1.29, 1.82) is 5.26 Å². The smallest absolute Gasteiger partial charge is 0.106 e. The first kappa shape index (κ1) is 11.4. The van der Waals surface area contributed by atoms with E-state index < -0.39 is 0 Å². The van der Waals surface area contributed by atoms with Gasteiger partial charge in [0.05, 0.1) is 6.07 Å². The lowest BCUT2D eigenvalue weighted by Gasteiger charge is -2.16. The highest BCUT2D eigenvalue weighted by atomic mass is 16.5. The molecule has 0 saturated carbocycles. The van der Waals surface area contributed by atoms with E-state index in [4.69, 9.17) is 15.7 Å². The summed E-state index contributed by atoms with van der Waals surface area (Å²) in [5, 5.41) is 8.43. The Balaban J connectivity index is 3.34. The molecule has 0 spiro atoms. The van der Waals surface area contributed by atoms with Crippen LogP contribution in [0.2, 0.25) is 0 Å². The average molecular weight is 171 g/mol. The fraction of sp³-hybridized carbons (Fsp3) is 0.875. The maximum atomic E-state index is 8.43. The van der Waals surface area contributed by atoms with Gasteiger partial charge in [-0.15, -0.1) is 0 Å². The molecule has 0 heterocycles. The Bertz CT molecular complexity index is 144. The lowest BCUT2D eigenvalue weighted by molar-refractivity contribution is 0.179. The predicted molar refractivity (Wildman–Crippen MR) is 47.6 cm³/mol. The number of hydrogen-bond donors (Lipinski definition) is 1. The molecule has 0 rings (SSSR count). The Morgan fingerprint density at radius 2 is 2.33 bits per heavy atom. The minimum absolute atomic E-state index is 0.377. The highest BCUT2D eigenvalue weighted by Crippen LogP contribution is 1.89. The molecule has 0 aliphatic rings. The zero-order valence-corrected chi connectivity index (χ0v) is 7.79. The van der Waals surface area contributed by atoms with Crippen molar-refractivity contribution in [1.82, 2.24) is 4.90 Å². The Labute approximate surface area is 73.9 Å². The van der Waals surface area contributed by atoms with Gasteiger partial charge in [0.15, 0.2) is 0 Å². The van der Waals surface area contributed by atoms with Gasteiger partial charge in [-0.25, -0.2) is 0 Å². The maximum absolute atomic E-state index is 8.43. The SMILES string of the molecule is COCCCN(C)CC(N)C#N. The molecule has 2 N–H and O–H groups in total. The molecular formula is C8H17N3O. The van der Waals surface area contributed by atoms with E-state index in [0.29, 0.717) is 6.54 Å². The largest absolute Gasteiger partial charge is 0.385 e. The molecule has 4 heteroatoms. The molecule has 0 fully saturated rings. The minimum Gasteiger partial charge on any atom is -0.385 e. The second kappa shape index (κ2) is 7.04. The zero-order chi connectivity index (χ0) is 9.40. The van der Waals surface area contributed by atoms with Crippen LogP contribution in [0.25, 0.3) is 0 Å². The number of likely N-dealkylation sites (N-methyl/N-ethyl adjacent to an activating group) is 1. The quantitative estimate of drug-likeness (QED) is 0.562. The van der Waals surface area contributed by atoms with Crippen molar-refractivity contribution in [2.75, 3.05) is 33.9 Å². The lowest BCUT2D eigenvalue weighted by Crippen LogP contribution is -2.34. The van der Waals surface area contributed by atoms with Crippen molar-refractivity contribution in [3.63, 3.8) is 0 Å². The Kier molecular flexibility index (Phi) is 6.67. The summed E-state index contributed by atoms with van der Waals surface area (Å²) in [4.78, 5) is 2.03. The molecule has 0 aromatic heterocycles. The summed E-state index contributed by atoms with van der Waals surface area (Å²) in [6.45, 7) is 2.30. The van der Waals surface area contributed by atoms with Crippen molar-refractivity contribution in [3.8, 4) is 6.07 Å². The van der Waals surface area contributed by atoms with Gasteiger partial charge in [0, 0.05) is 26.8 Å². The van der Waals surface area contributed by atoms with Crippen LogP contribution in [0.15, 0.2) is 0 Å². The second-order valence-corrected chi connectivity index (χ2v) is 2.84. The van der Waals surface area contributed by atoms with Gasteiger partial charge in [-0.1, -0.05) is 0 Å². The van der Waals surface area contributed by atoms with Crippen LogP contribution >= 0.6 is 0 Å². The molecule has 0 aliphatic heterocycles. The number of methoxy groups -OCH3 is 1. The molecular weight excluding hydrogens is 154 g/mol. The van der Waals surface area contributed by atoms with E-state index in [-0.39, 0.29) is 6.04 Å². The summed E-state index contributed by atoms with van der Waals surface area (Å²) >= 11 is 0. The molecule has 0 bridgehead atoms. The second-order valence-electron chi connectivity index (χ2n) is 2.84. The summed E-state index contributed by atoms with van der Waals surface area (Å²) in [7, 11) is 3.63. The summed E-state index contributed by atoms with van der Waals surface area (Å²) in [5.41, 5.74) is 5.44. The van der Waals surface area contributed by atoms with Gasteiger partial charge in [-0.3, -0.25) is 0 Å². The standard InChI is InChI=1S/C8H17N3O/c1-11(4-3-5-12-2)7-8(10)6-9/h8H,3-5,7,10H2,1-2H3. The molecule has 12 heavy (non-hydrogen) atoms. The molecule has 0 aromatic carbocycles. The lowest BCUT2D eigenvalue weighted by atomic mass is 10.3. The first-order chi connectivity index (χ1) is 5.70. The van der Waals surface area contributed by atoms with E-state index in [9.17, 15) is 0 Å². The van der Waals surface area contributed by atoms with Crippen LogP contribution in [0.5, 0.6) is 0 Å². The van der Waals surface area contributed by atoms with Crippen LogP contribution < -0.4 is 5.73 Å². The molecule has 0 aromatic rings. The molecule has 0 aliphatic carbocycles. The summed E-state index contributed by atoms with van der Waals surface area (Å²) in [6, 6.07) is 1.61. The van der Waals surface area contributed by atoms with Crippen LogP contribution in [0, 0.1) is 11.3 Å². The molecule has 70 valence electrons. The molecule has 4 nitrogen and oxygen atoms in total. The van der Waals surface area contributed by atoms with Crippen molar-refractivity contribution in [2.45, 2.75) is 12.5 Å². The number of ether oxygens (including phenoxy) is 1. The molecule has 0 saturated heterocycles. The number of nitriles is 1. The van der Waals surface area contributed by atoms with Gasteiger partial charge in [-0.2, -0.15) is 5.26 Å². The summed E-state index contributed by atoms with van der Waals surface area (Å²) < 4.78 is 4.90. The van der Waals surface area contributed by atoms with Crippen molar-refractivity contribution < 1.29 is 4.74 Å². The van der Waals surface area contributed by atoms with E-state index in [0.717, 1.165) is 19.6 Å². The highest BCUT2D eigenvalue weighted by molar-refractivity contribution is 4.88. The average Bonchev–Trinajstić information content (AvgIpc) is 2.05. The predicted octanol–water partition coefficient (Wildman–Crippen LogP) is -0.194. The minimum atomic E-state index is -0.377. The van der Waals surface area contributed by atoms with Gasteiger partial charge in [0.2, 0.25) is 0 Å². The Hall–Kier alpha value is -0.630. The zero-order valence-electron chi connectivity index (χ0n) is 7.79. The van der Waals surface area contributed by atoms with Crippen LogP contribution in [0.3, 0.4) is 0 Å². The van der Waals surface area contributed by atoms with Gasteiger partial charge in [0.25, 0.3) is 0 Å². The topological polar surface area (TPSA) is 62.3 Å². The van der Waals surface area contributed by atoms with Crippen molar-refractivity contribution >= 4 is 0 Å². The van der Waals surface area contributed by atoms with E-state index in [1.807, 2.05) is 18.0 Å². The number of hydrogen-bond acceptors (Lipinski definition) is 4. The van der Waals surface area contributed by atoms with Crippen LogP contribution in [0.1, 0.15) is 6.42 Å². The Morgan fingerprint density at radius 3 is 2.83 bits per heavy atom. The van der Waals surface area contributed by atoms with E-state index in [1.54, 1.807) is 7.11 Å². The third-order valence-corrected chi connectivity index (χ3v) is 1.56. The molecule has 1 atom stereocenters. The monoisotopic (exact) mass is 171 g/mol. The number of nitrogens with zero attached hydrogens (tertiary/aromatic N) is 2. The van der Waals surface area contributed by atoms with Gasteiger partial charge in [-0.05, 0) is 13.5 Å². The number of rotatable bonds is 6. The van der Waals surface area contributed by atoms with Crippen LogP contribution in [0.4, 0.5) is 0 Å². The van der Waals surface area contributed by atoms with Crippen molar-refractivity contribution in [2.24, 2.45) is 5.73 Å². The fourth-order valence-electron chi connectivity index (χ4n) is 0.947. The number of nitrogens with two attached hydrogens (primary N) is 1. The third kappa shape index (κ3) is 6.10. The fourth-order valence-corrected chi connectivity index (χ4v) is 0.947. The maximum Gasteiger partial charge on any atom is 0.106 e. The van der Waals surface area contributed by atoms with E-state index in [1.165, 1.54) is 0 Å².